The maximum atomic E-state index is 13.3. The van der Waals surface area contributed by atoms with Gasteiger partial charge in [0.05, 0.1) is 17.9 Å². The second-order valence-corrected chi connectivity index (χ2v) is 6.57. The molecule has 148 valence electrons. The lowest BCUT2D eigenvalue weighted by Gasteiger charge is -2.29. The van der Waals surface area contributed by atoms with E-state index < -0.39 is 6.04 Å². The largest absolute Gasteiger partial charge is 0.508 e. The number of carbonyl (C=O) groups excluding carboxylic acids is 1. The van der Waals surface area contributed by atoms with E-state index >= 15 is 0 Å². The van der Waals surface area contributed by atoms with Crippen molar-refractivity contribution in [1.29, 1.82) is 0 Å². The molecule has 1 amide bonds. The predicted molar refractivity (Wildman–Crippen MR) is 109 cm³/mol. The summed E-state index contributed by atoms with van der Waals surface area (Å²) in [6, 6.07) is 13.5. The second kappa shape index (κ2) is 7.67. The van der Waals surface area contributed by atoms with Crippen LogP contribution in [0.15, 0.2) is 66.1 Å². The summed E-state index contributed by atoms with van der Waals surface area (Å²) in [4.78, 5) is 17.6. The third-order valence-corrected chi connectivity index (χ3v) is 4.66. The number of phenolic OH excluding ortho intramolecular Hbond substituents is 1. The molecule has 0 fully saturated rings. The summed E-state index contributed by atoms with van der Waals surface area (Å²) < 4.78 is 7.25. The van der Waals surface area contributed by atoms with Crippen molar-refractivity contribution in [3.8, 4) is 11.5 Å². The molecular weight excluding hydrogens is 370 g/mol. The third-order valence-electron chi connectivity index (χ3n) is 4.66. The first-order chi connectivity index (χ1) is 14.1. The van der Waals surface area contributed by atoms with E-state index in [2.05, 4.69) is 20.7 Å². The highest BCUT2D eigenvalue weighted by Crippen LogP contribution is 2.36. The number of carbonyl (C=O) groups is 1. The standard InChI is InChI=1S/C21H21N5O3/c1-3-29-17-10-5-4-9-16(17)25-20(28)18-13(2)24-21-22-12-23-26(21)19(18)14-7-6-8-15(27)11-14/h4-12,19,27H,3H2,1-2H3,(H,25,28)(H,22,23,24). The third kappa shape index (κ3) is 3.52. The maximum absolute atomic E-state index is 13.3. The smallest absolute Gasteiger partial charge is 0.255 e. The Labute approximate surface area is 167 Å². The van der Waals surface area contributed by atoms with Crippen molar-refractivity contribution >= 4 is 17.5 Å². The Morgan fingerprint density at radius 1 is 1.28 bits per heavy atom. The lowest BCUT2D eigenvalue weighted by molar-refractivity contribution is -0.113. The number of hydrogen-bond donors (Lipinski definition) is 3. The van der Waals surface area contributed by atoms with Crippen molar-refractivity contribution in [3.63, 3.8) is 0 Å². The Hall–Kier alpha value is -3.81. The van der Waals surface area contributed by atoms with Crippen LogP contribution in [0, 0.1) is 0 Å². The number of nitrogens with zero attached hydrogens (tertiary/aromatic N) is 3. The fourth-order valence-electron chi connectivity index (χ4n) is 3.43. The van der Waals surface area contributed by atoms with Gasteiger partial charge in [0.25, 0.3) is 5.91 Å². The number of benzene rings is 2. The fraction of sp³-hybridized carbons (Fsp3) is 0.190. The molecule has 1 unspecified atom stereocenters. The number of hydrogen-bond acceptors (Lipinski definition) is 6. The van der Waals surface area contributed by atoms with Gasteiger partial charge in [0.1, 0.15) is 23.9 Å². The van der Waals surface area contributed by atoms with Crippen LogP contribution in [0.2, 0.25) is 0 Å². The molecule has 1 atom stereocenters. The van der Waals surface area contributed by atoms with E-state index in [0.717, 1.165) is 5.56 Å². The number of phenols is 1. The van der Waals surface area contributed by atoms with Gasteiger partial charge in [-0.05, 0) is 43.7 Å². The minimum Gasteiger partial charge on any atom is -0.508 e. The number of fused-ring (bicyclic) bond motifs is 1. The average Bonchev–Trinajstić information content (AvgIpc) is 3.16. The monoisotopic (exact) mass is 391 g/mol. The van der Waals surface area contributed by atoms with E-state index in [4.69, 9.17) is 4.74 Å². The minimum atomic E-state index is -0.542. The fourth-order valence-corrected chi connectivity index (χ4v) is 3.43. The van der Waals surface area contributed by atoms with Crippen LogP contribution < -0.4 is 15.4 Å². The van der Waals surface area contributed by atoms with Gasteiger partial charge >= 0.3 is 0 Å². The summed E-state index contributed by atoms with van der Waals surface area (Å²) in [5, 5.41) is 20.3. The highest BCUT2D eigenvalue weighted by atomic mass is 16.5. The Bertz CT molecular complexity index is 1090. The molecule has 0 spiro atoms. The summed E-state index contributed by atoms with van der Waals surface area (Å²) in [6.45, 7) is 4.20. The molecule has 2 aromatic carbocycles. The van der Waals surface area contributed by atoms with E-state index in [9.17, 15) is 9.90 Å². The number of ether oxygens (including phenoxy) is 1. The molecule has 8 heteroatoms. The average molecular weight is 391 g/mol. The summed E-state index contributed by atoms with van der Waals surface area (Å²) >= 11 is 0. The Balaban J connectivity index is 1.75. The van der Waals surface area contributed by atoms with Gasteiger partial charge in [0, 0.05) is 5.70 Å². The zero-order valence-electron chi connectivity index (χ0n) is 16.1. The van der Waals surface area contributed by atoms with Crippen LogP contribution >= 0.6 is 0 Å². The van der Waals surface area contributed by atoms with Crippen LogP contribution in [0.25, 0.3) is 0 Å². The maximum Gasteiger partial charge on any atom is 0.255 e. The summed E-state index contributed by atoms with van der Waals surface area (Å²) in [5.41, 5.74) is 2.43. The Morgan fingerprint density at radius 2 is 2.10 bits per heavy atom. The Kier molecular flexibility index (Phi) is 4.90. The zero-order valence-corrected chi connectivity index (χ0v) is 16.1. The molecule has 0 bridgehead atoms. The van der Waals surface area contributed by atoms with Crippen LogP contribution in [0.1, 0.15) is 25.5 Å². The van der Waals surface area contributed by atoms with Crippen LogP contribution in [-0.2, 0) is 4.79 Å². The van der Waals surface area contributed by atoms with Crippen LogP contribution in [0.3, 0.4) is 0 Å². The van der Waals surface area contributed by atoms with E-state index in [1.54, 1.807) is 28.9 Å². The molecule has 3 N–H and O–H groups in total. The van der Waals surface area contributed by atoms with Gasteiger partial charge < -0.3 is 20.5 Å². The van der Waals surface area contributed by atoms with E-state index in [1.165, 1.54) is 6.33 Å². The molecule has 1 aliphatic rings. The molecule has 1 aromatic heterocycles. The number of nitrogens with one attached hydrogen (secondary N) is 2. The molecule has 29 heavy (non-hydrogen) atoms. The van der Waals surface area contributed by atoms with Crippen molar-refractivity contribution in [2.24, 2.45) is 0 Å². The van der Waals surface area contributed by atoms with Crippen LogP contribution in [-0.4, -0.2) is 32.4 Å². The summed E-state index contributed by atoms with van der Waals surface area (Å²) in [5.74, 6) is 0.946. The number of aromatic nitrogens is 3. The van der Waals surface area contributed by atoms with Gasteiger partial charge in [0.2, 0.25) is 5.95 Å². The highest BCUT2D eigenvalue weighted by Gasteiger charge is 2.33. The number of amides is 1. The molecule has 0 aliphatic carbocycles. The minimum absolute atomic E-state index is 0.113. The topological polar surface area (TPSA) is 101 Å². The molecule has 1 aliphatic heterocycles. The lowest BCUT2D eigenvalue weighted by Crippen LogP contribution is -2.31. The molecule has 4 rings (SSSR count). The van der Waals surface area contributed by atoms with Crippen molar-refractivity contribution in [3.05, 3.63) is 71.7 Å². The van der Waals surface area contributed by atoms with Gasteiger partial charge in [0.15, 0.2) is 0 Å². The summed E-state index contributed by atoms with van der Waals surface area (Å²) in [6.07, 6.45) is 1.43. The molecule has 3 aromatic rings. The van der Waals surface area contributed by atoms with Crippen molar-refractivity contribution in [2.75, 3.05) is 17.2 Å². The van der Waals surface area contributed by atoms with Crippen LogP contribution in [0.5, 0.6) is 11.5 Å². The molecule has 0 radical (unpaired) electrons. The number of aromatic hydroxyl groups is 1. The number of allylic oxidation sites excluding steroid dienone is 1. The molecule has 8 nitrogen and oxygen atoms in total. The summed E-state index contributed by atoms with van der Waals surface area (Å²) in [7, 11) is 0. The molecule has 0 saturated carbocycles. The normalized spacial score (nSPS) is 15.4. The molecular formula is C21H21N5O3. The van der Waals surface area contributed by atoms with E-state index in [-0.39, 0.29) is 11.7 Å². The quantitative estimate of drug-likeness (QED) is 0.617. The second-order valence-electron chi connectivity index (χ2n) is 6.57. The zero-order chi connectivity index (χ0) is 20.4. The van der Waals surface area contributed by atoms with E-state index in [0.29, 0.717) is 35.3 Å². The van der Waals surface area contributed by atoms with Crippen LogP contribution in [0.4, 0.5) is 11.6 Å². The first kappa shape index (κ1) is 18.5. The highest BCUT2D eigenvalue weighted by molar-refractivity contribution is 6.06. The first-order valence-corrected chi connectivity index (χ1v) is 9.28. The number of para-hydroxylation sites is 2. The Morgan fingerprint density at radius 3 is 2.90 bits per heavy atom. The van der Waals surface area contributed by atoms with Gasteiger partial charge in [-0.3, -0.25) is 4.79 Å². The SMILES string of the molecule is CCOc1ccccc1NC(=O)C1=C(C)Nc2ncnn2C1c1cccc(O)c1. The van der Waals surface area contributed by atoms with Gasteiger partial charge in [-0.25, -0.2) is 4.68 Å². The number of rotatable bonds is 5. The van der Waals surface area contributed by atoms with Gasteiger partial charge in [-0.1, -0.05) is 24.3 Å². The van der Waals surface area contributed by atoms with Crippen molar-refractivity contribution < 1.29 is 14.6 Å². The predicted octanol–water partition coefficient (Wildman–Crippen LogP) is 3.31. The van der Waals surface area contributed by atoms with Crippen molar-refractivity contribution in [2.45, 2.75) is 19.9 Å². The molecule has 2 heterocycles. The molecule has 0 saturated heterocycles. The van der Waals surface area contributed by atoms with Gasteiger partial charge in [-0.2, -0.15) is 10.1 Å². The van der Waals surface area contributed by atoms with E-state index in [1.807, 2.05) is 38.1 Å². The van der Waals surface area contributed by atoms with Gasteiger partial charge in [-0.15, -0.1) is 0 Å². The lowest BCUT2D eigenvalue weighted by atomic mass is 9.95. The number of anilines is 2. The van der Waals surface area contributed by atoms with Crippen molar-refractivity contribution in [1.82, 2.24) is 14.8 Å². The first-order valence-electron chi connectivity index (χ1n) is 9.28.